The molecule has 0 saturated heterocycles. The van der Waals surface area contributed by atoms with Gasteiger partial charge in [-0.3, -0.25) is 10.1 Å². The second-order valence-electron chi connectivity index (χ2n) is 4.35. The minimum Gasteiger partial charge on any atom is -0.258 e. The smallest absolute Gasteiger partial charge is 0.258 e. The molecule has 0 amide bonds. The molecule has 8 heteroatoms. The number of alkyl halides is 3. The largest absolute Gasteiger partial charge is 0.417 e. The lowest BCUT2D eigenvalue weighted by molar-refractivity contribution is -0.385. The van der Waals surface area contributed by atoms with Crippen LogP contribution in [0.5, 0.6) is 0 Å². The van der Waals surface area contributed by atoms with Crippen LogP contribution in [0.15, 0.2) is 47.4 Å². The Hall–Kier alpha value is -1.73. The van der Waals surface area contributed by atoms with Gasteiger partial charge in [-0.15, -0.1) is 11.8 Å². The number of nitro groups is 1. The Morgan fingerprint density at radius 1 is 1.14 bits per heavy atom. The number of non-ortho nitro benzene ring substituents is 1. The van der Waals surface area contributed by atoms with Crippen LogP contribution in [0.2, 0.25) is 5.02 Å². The summed E-state index contributed by atoms with van der Waals surface area (Å²) in [6.45, 7) is 0. The summed E-state index contributed by atoms with van der Waals surface area (Å²) in [6, 6.07) is 9.49. The minimum absolute atomic E-state index is 0.0481. The lowest BCUT2D eigenvalue weighted by atomic mass is 10.2. The van der Waals surface area contributed by atoms with E-state index in [2.05, 4.69) is 0 Å². The number of thioether (sulfide) groups is 1. The van der Waals surface area contributed by atoms with Gasteiger partial charge in [-0.1, -0.05) is 23.7 Å². The summed E-state index contributed by atoms with van der Waals surface area (Å²) in [5.74, 6) is 0.304. The van der Waals surface area contributed by atoms with Crippen LogP contribution in [0.3, 0.4) is 0 Å². The molecule has 0 aliphatic carbocycles. The second kappa shape index (κ2) is 6.58. The Kier molecular flexibility index (Phi) is 4.97. The topological polar surface area (TPSA) is 43.1 Å². The van der Waals surface area contributed by atoms with Crippen molar-refractivity contribution in [1.82, 2.24) is 0 Å². The molecule has 22 heavy (non-hydrogen) atoms. The fourth-order valence-corrected chi connectivity index (χ4v) is 2.86. The summed E-state index contributed by atoms with van der Waals surface area (Å²) < 4.78 is 39.1. The Labute approximate surface area is 133 Å². The maximum Gasteiger partial charge on any atom is 0.417 e. The van der Waals surface area contributed by atoms with E-state index in [1.165, 1.54) is 0 Å². The van der Waals surface area contributed by atoms with E-state index in [0.29, 0.717) is 16.8 Å². The monoisotopic (exact) mass is 347 g/mol. The first-order valence-electron chi connectivity index (χ1n) is 6.00. The molecule has 0 N–H and O–H groups in total. The highest BCUT2D eigenvalue weighted by molar-refractivity contribution is 7.98. The predicted molar refractivity (Wildman–Crippen MR) is 79.1 cm³/mol. The first kappa shape index (κ1) is 16.6. The van der Waals surface area contributed by atoms with Crippen LogP contribution in [-0.2, 0) is 11.9 Å². The Morgan fingerprint density at radius 3 is 2.32 bits per heavy atom. The molecule has 0 fully saturated rings. The van der Waals surface area contributed by atoms with E-state index in [1.54, 1.807) is 24.3 Å². The highest BCUT2D eigenvalue weighted by atomic mass is 35.5. The average Bonchev–Trinajstić information content (AvgIpc) is 2.45. The quantitative estimate of drug-likeness (QED) is 0.413. The third-order valence-electron chi connectivity index (χ3n) is 2.79. The van der Waals surface area contributed by atoms with Gasteiger partial charge in [-0.05, 0) is 23.8 Å². The standard InChI is InChI=1S/C14H9ClF3NO2S/c15-10-3-1-9(2-4-10)8-22-13-6-5-11(19(20)21)7-12(13)14(16,17)18/h1-7H,8H2. The zero-order valence-electron chi connectivity index (χ0n) is 10.9. The summed E-state index contributed by atoms with van der Waals surface area (Å²) in [4.78, 5) is 9.73. The van der Waals surface area contributed by atoms with Gasteiger partial charge in [0.2, 0.25) is 0 Å². The van der Waals surface area contributed by atoms with Crippen molar-refractivity contribution in [1.29, 1.82) is 0 Å². The Morgan fingerprint density at radius 2 is 1.77 bits per heavy atom. The van der Waals surface area contributed by atoms with E-state index in [9.17, 15) is 23.3 Å². The fourth-order valence-electron chi connectivity index (χ4n) is 1.72. The van der Waals surface area contributed by atoms with Crippen LogP contribution in [-0.4, -0.2) is 4.92 Å². The summed E-state index contributed by atoms with van der Waals surface area (Å²) in [7, 11) is 0. The highest BCUT2D eigenvalue weighted by Gasteiger charge is 2.35. The number of nitro benzene ring substituents is 1. The van der Waals surface area contributed by atoms with Gasteiger partial charge in [0, 0.05) is 27.8 Å². The summed E-state index contributed by atoms with van der Waals surface area (Å²) in [5.41, 5.74) is -0.773. The molecule has 2 aromatic rings. The van der Waals surface area contributed by atoms with Gasteiger partial charge in [-0.25, -0.2) is 0 Å². The van der Waals surface area contributed by atoms with Gasteiger partial charge >= 0.3 is 6.18 Å². The highest BCUT2D eigenvalue weighted by Crippen LogP contribution is 2.39. The third-order valence-corrected chi connectivity index (χ3v) is 4.18. The molecule has 0 spiro atoms. The summed E-state index contributed by atoms with van der Waals surface area (Å²) >= 11 is 6.71. The third kappa shape index (κ3) is 4.14. The van der Waals surface area contributed by atoms with Crippen molar-refractivity contribution in [3.63, 3.8) is 0 Å². The van der Waals surface area contributed by atoms with Crippen molar-refractivity contribution < 1.29 is 18.1 Å². The van der Waals surface area contributed by atoms with Gasteiger partial charge in [0.1, 0.15) is 0 Å². The number of rotatable bonds is 4. The molecule has 0 unspecified atom stereocenters. The molecule has 0 heterocycles. The van der Waals surface area contributed by atoms with E-state index in [4.69, 9.17) is 11.6 Å². The van der Waals surface area contributed by atoms with Crippen LogP contribution in [0.1, 0.15) is 11.1 Å². The number of hydrogen-bond donors (Lipinski definition) is 0. The van der Waals surface area contributed by atoms with Gasteiger partial charge in [0.25, 0.3) is 5.69 Å². The molecule has 0 saturated carbocycles. The molecule has 2 rings (SSSR count). The maximum absolute atomic E-state index is 13.0. The van der Waals surface area contributed by atoms with E-state index < -0.39 is 22.4 Å². The molecule has 3 nitrogen and oxygen atoms in total. The van der Waals surface area contributed by atoms with E-state index in [0.717, 1.165) is 29.5 Å². The normalized spacial score (nSPS) is 11.5. The number of halogens is 4. The minimum atomic E-state index is -4.64. The average molecular weight is 348 g/mol. The van der Waals surface area contributed by atoms with E-state index >= 15 is 0 Å². The molecule has 0 aliphatic rings. The lowest BCUT2D eigenvalue weighted by Crippen LogP contribution is -2.07. The van der Waals surface area contributed by atoms with Crippen molar-refractivity contribution >= 4 is 29.1 Å². The van der Waals surface area contributed by atoms with Crippen LogP contribution < -0.4 is 0 Å². The first-order chi connectivity index (χ1) is 10.3. The number of nitrogens with zero attached hydrogens (tertiary/aromatic N) is 1. The second-order valence-corrected chi connectivity index (χ2v) is 5.80. The lowest BCUT2D eigenvalue weighted by Gasteiger charge is -2.12. The van der Waals surface area contributed by atoms with Crippen molar-refractivity contribution in [2.24, 2.45) is 0 Å². The van der Waals surface area contributed by atoms with Crippen LogP contribution in [0.25, 0.3) is 0 Å². The van der Waals surface area contributed by atoms with E-state index in [1.807, 2.05) is 0 Å². The first-order valence-corrected chi connectivity index (χ1v) is 7.36. The van der Waals surface area contributed by atoms with Crippen LogP contribution >= 0.6 is 23.4 Å². The zero-order chi connectivity index (χ0) is 16.3. The predicted octanol–water partition coefficient (Wildman–Crippen LogP) is 5.56. The van der Waals surface area contributed by atoms with Crippen molar-refractivity contribution in [2.45, 2.75) is 16.8 Å². The Bertz CT molecular complexity index is 689. The van der Waals surface area contributed by atoms with Crippen molar-refractivity contribution in [3.8, 4) is 0 Å². The van der Waals surface area contributed by atoms with Crippen LogP contribution in [0, 0.1) is 10.1 Å². The molecule has 0 aromatic heterocycles. The number of hydrogen-bond acceptors (Lipinski definition) is 3. The zero-order valence-corrected chi connectivity index (χ0v) is 12.5. The summed E-state index contributed by atoms with van der Waals surface area (Å²) in [6.07, 6.45) is -4.64. The van der Waals surface area contributed by atoms with Crippen molar-refractivity contribution in [2.75, 3.05) is 0 Å². The fraction of sp³-hybridized carbons (Fsp3) is 0.143. The maximum atomic E-state index is 13.0. The summed E-state index contributed by atoms with van der Waals surface area (Å²) in [5, 5.41) is 11.2. The molecular formula is C14H9ClF3NO2S. The van der Waals surface area contributed by atoms with Crippen molar-refractivity contribution in [3.05, 3.63) is 68.7 Å². The van der Waals surface area contributed by atoms with Gasteiger partial charge < -0.3 is 0 Å². The molecule has 116 valence electrons. The Balaban J connectivity index is 2.26. The van der Waals surface area contributed by atoms with E-state index in [-0.39, 0.29) is 4.90 Å². The van der Waals surface area contributed by atoms with Gasteiger partial charge in [0.05, 0.1) is 10.5 Å². The van der Waals surface area contributed by atoms with Gasteiger partial charge in [-0.2, -0.15) is 13.2 Å². The number of benzene rings is 2. The molecule has 0 bridgehead atoms. The molecule has 2 aromatic carbocycles. The molecule has 0 aliphatic heterocycles. The molecule has 0 atom stereocenters. The van der Waals surface area contributed by atoms with Crippen LogP contribution in [0.4, 0.5) is 18.9 Å². The van der Waals surface area contributed by atoms with Gasteiger partial charge in [0.15, 0.2) is 0 Å². The molecule has 0 radical (unpaired) electrons. The molecular weight excluding hydrogens is 339 g/mol. The SMILES string of the molecule is O=[N+]([O-])c1ccc(SCc2ccc(Cl)cc2)c(C(F)(F)F)c1.